The maximum atomic E-state index is 10.7. The predicted octanol–water partition coefficient (Wildman–Crippen LogP) is 3.69. The highest BCUT2D eigenvalue weighted by atomic mass is 16.5. The topological polar surface area (TPSA) is 61.8 Å². The molecule has 4 rings (SSSR count). The Morgan fingerprint density at radius 1 is 1.07 bits per heavy atom. The lowest BCUT2D eigenvalue weighted by molar-refractivity contribution is -0.136. The molecule has 1 saturated carbocycles. The summed E-state index contributed by atoms with van der Waals surface area (Å²) in [4.78, 5) is 13.3. The molecule has 2 aromatic rings. The normalized spacial score (nSPS) is 22.0. The number of ether oxygens (including phenoxy) is 1. The van der Waals surface area contributed by atoms with Gasteiger partial charge < -0.3 is 20.1 Å². The third-order valence-corrected chi connectivity index (χ3v) is 6.22. The maximum absolute atomic E-state index is 10.7. The van der Waals surface area contributed by atoms with Crippen molar-refractivity contribution in [1.29, 1.82) is 0 Å². The molecule has 2 atom stereocenters. The van der Waals surface area contributed by atoms with Gasteiger partial charge in [0.1, 0.15) is 5.75 Å². The summed E-state index contributed by atoms with van der Waals surface area (Å²) in [6.07, 6.45) is 4.79. The summed E-state index contributed by atoms with van der Waals surface area (Å²) in [6.45, 7) is 4.08. The molecule has 1 aliphatic heterocycles. The van der Waals surface area contributed by atoms with Crippen molar-refractivity contribution >= 4 is 5.97 Å². The van der Waals surface area contributed by atoms with Crippen LogP contribution in [-0.2, 0) is 11.2 Å². The summed E-state index contributed by atoms with van der Waals surface area (Å²) in [5.74, 6) is 0.708. The largest absolute Gasteiger partial charge is 0.494 e. The van der Waals surface area contributed by atoms with E-state index in [0.29, 0.717) is 24.6 Å². The Hall–Kier alpha value is -2.37. The molecule has 2 aliphatic rings. The van der Waals surface area contributed by atoms with Crippen LogP contribution in [-0.4, -0.2) is 54.3 Å². The van der Waals surface area contributed by atoms with E-state index in [9.17, 15) is 4.79 Å². The Balaban J connectivity index is 1.08. The van der Waals surface area contributed by atoms with Crippen molar-refractivity contribution in [3.63, 3.8) is 0 Å². The molecule has 160 valence electrons. The molecule has 0 bridgehead atoms. The van der Waals surface area contributed by atoms with Crippen LogP contribution in [0.5, 0.6) is 5.75 Å². The van der Waals surface area contributed by atoms with Crippen molar-refractivity contribution in [2.24, 2.45) is 0 Å². The number of nitrogens with zero attached hydrogens (tertiary/aromatic N) is 1. The number of carbonyl (C=O) groups is 1. The number of rotatable bonds is 10. The highest BCUT2D eigenvalue weighted by molar-refractivity contribution is 5.70. The molecule has 0 amide bonds. The molecule has 0 spiro atoms. The van der Waals surface area contributed by atoms with Crippen molar-refractivity contribution in [2.45, 2.75) is 50.1 Å². The minimum atomic E-state index is -0.809. The molecular weight excluding hydrogens is 376 g/mol. The van der Waals surface area contributed by atoms with Crippen LogP contribution in [0.25, 0.3) is 0 Å². The molecule has 5 nitrogen and oxygen atoms in total. The maximum Gasteiger partial charge on any atom is 0.307 e. The number of carboxylic acids is 1. The fraction of sp³-hybridized carbons (Fsp3) is 0.480. The average Bonchev–Trinajstić information content (AvgIpc) is 3.53. The van der Waals surface area contributed by atoms with Gasteiger partial charge in [0.05, 0.1) is 13.0 Å². The van der Waals surface area contributed by atoms with E-state index >= 15 is 0 Å². The van der Waals surface area contributed by atoms with Crippen LogP contribution < -0.4 is 10.1 Å². The number of likely N-dealkylation sites (tertiary alicyclic amines) is 1. The molecular formula is C25H32N2O3. The van der Waals surface area contributed by atoms with E-state index in [4.69, 9.17) is 9.84 Å². The van der Waals surface area contributed by atoms with Gasteiger partial charge in [-0.1, -0.05) is 42.5 Å². The molecule has 0 radical (unpaired) electrons. The third-order valence-electron chi connectivity index (χ3n) is 6.22. The molecule has 2 N–H and O–H groups in total. The fourth-order valence-corrected chi connectivity index (χ4v) is 4.43. The SMILES string of the molecule is O=C(O)Cc1ccc(OCCCN2CCC(N[C@@H]3C[C@H]3c3ccccc3)CC2)cc1. The molecule has 1 aliphatic carbocycles. The average molecular weight is 409 g/mol. The zero-order valence-corrected chi connectivity index (χ0v) is 17.5. The summed E-state index contributed by atoms with van der Waals surface area (Å²) in [5, 5.41) is 12.7. The lowest BCUT2D eigenvalue weighted by Gasteiger charge is -2.32. The highest BCUT2D eigenvalue weighted by Gasteiger charge is 2.39. The summed E-state index contributed by atoms with van der Waals surface area (Å²) >= 11 is 0. The van der Waals surface area contributed by atoms with Crippen molar-refractivity contribution in [3.05, 3.63) is 65.7 Å². The second-order valence-electron chi connectivity index (χ2n) is 8.56. The van der Waals surface area contributed by atoms with Crippen molar-refractivity contribution in [2.75, 3.05) is 26.2 Å². The first-order valence-electron chi connectivity index (χ1n) is 11.1. The molecule has 2 aromatic carbocycles. The zero-order valence-electron chi connectivity index (χ0n) is 17.5. The Bertz CT molecular complexity index is 801. The molecule has 1 saturated heterocycles. The number of aliphatic carboxylic acids is 1. The fourth-order valence-electron chi connectivity index (χ4n) is 4.43. The standard InChI is InChI=1S/C25H32N2O3/c28-25(29)17-19-7-9-22(10-8-19)30-16-4-13-27-14-11-21(12-15-27)26-24-18-23(24)20-5-2-1-3-6-20/h1-3,5-10,21,23-24,26H,4,11-18H2,(H,28,29)/t23-,24+/m0/s1. The van der Waals surface area contributed by atoms with Crippen LogP contribution in [0.2, 0.25) is 0 Å². The highest BCUT2D eigenvalue weighted by Crippen LogP contribution is 2.41. The second kappa shape index (κ2) is 10.1. The van der Waals surface area contributed by atoms with Crippen LogP contribution >= 0.6 is 0 Å². The minimum Gasteiger partial charge on any atom is -0.494 e. The van der Waals surface area contributed by atoms with E-state index in [2.05, 4.69) is 40.5 Å². The van der Waals surface area contributed by atoms with Gasteiger partial charge in [0.15, 0.2) is 0 Å². The van der Waals surface area contributed by atoms with Gasteiger partial charge in [-0.25, -0.2) is 0 Å². The number of carboxylic acid groups (broad SMARTS) is 1. The second-order valence-corrected chi connectivity index (χ2v) is 8.56. The lowest BCUT2D eigenvalue weighted by Crippen LogP contribution is -2.43. The van der Waals surface area contributed by atoms with E-state index < -0.39 is 5.97 Å². The Kier molecular flexibility index (Phi) is 7.03. The lowest BCUT2D eigenvalue weighted by atomic mass is 10.0. The molecule has 2 fully saturated rings. The van der Waals surface area contributed by atoms with Crippen LogP contribution in [0.15, 0.2) is 54.6 Å². The number of nitrogens with one attached hydrogen (secondary N) is 1. The van der Waals surface area contributed by atoms with Gasteiger partial charge in [0, 0.05) is 24.5 Å². The smallest absolute Gasteiger partial charge is 0.307 e. The quantitative estimate of drug-likeness (QED) is 0.587. The van der Waals surface area contributed by atoms with Crippen LogP contribution in [0.3, 0.4) is 0 Å². The van der Waals surface area contributed by atoms with Crippen molar-refractivity contribution < 1.29 is 14.6 Å². The van der Waals surface area contributed by atoms with Gasteiger partial charge in [-0.2, -0.15) is 0 Å². The monoisotopic (exact) mass is 408 g/mol. The number of benzene rings is 2. The summed E-state index contributed by atoms with van der Waals surface area (Å²) in [7, 11) is 0. The molecule has 5 heteroatoms. The van der Waals surface area contributed by atoms with Crippen molar-refractivity contribution in [1.82, 2.24) is 10.2 Å². The minimum absolute atomic E-state index is 0.0543. The Morgan fingerprint density at radius 2 is 1.80 bits per heavy atom. The molecule has 30 heavy (non-hydrogen) atoms. The van der Waals surface area contributed by atoms with Crippen LogP contribution in [0.4, 0.5) is 0 Å². The van der Waals surface area contributed by atoms with E-state index in [0.717, 1.165) is 37.4 Å². The predicted molar refractivity (Wildman–Crippen MR) is 118 cm³/mol. The van der Waals surface area contributed by atoms with Crippen molar-refractivity contribution in [3.8, 4) is 5.75 Å². The summed E-state index contributed by atoms with van der Waals surface area (Å²) in [5.41, 5.74) is 2.27. The van der Waals surface area contributed by atoms with Gasteiger partial charge in [-0.05, 0) is 62.0 Å². The molecule has 1 heterocycles. The van der Waals surface area contributed by atoms with E-state index in [-0.39, 0.29) is 6.42 Å². The third kappa shape index (κ3) is 6.07. The summed E-state index contributed by atoms with van der Waals surface area (Å²) in [6, 6.07) is 19.6. The van der Waals surface area contributed by atoms with Gasteiger partial charge in [-0.3, -0.25) is 4.79 Å². The first-order valence-corrected chi connectivity index (χ1v) is 11.1. The van der Waals surface area contributed by atoms with E-state index in [1.54, 1.807) is 0 Å². The van der Waals surface area contributed by atoms with Gasteiger partial charge in [0.25, 0.3) is 0 Å². The van der Waals surface area contributed by atoms with E-state index in [1.807, 2.05) is 24.3 Å². The van der Waals surface area contributed by atoms with E-state index in [1.165, 1.54) is 24.8 Å². The first-order chi connectivity index (χ1) is 14.7. The van der Waals surface area contributed by atoms with Crippen LogP contribution in [0, 0.1) is 0 Å². The summed E-state index contributed by atoms with van der Waals surface area (Å²) < 4.78 is 5.81. The Morgan fingerprint density at radius 3 is 2.50 bits per heavy atom. The van der Waals surface area contributed by atoms with Gasteiger partial charge >= 0.3 is 5.97 Å². The number of hydrogen-bond donors (Lipinski definition) is 2. The number of hydrogen-bond acceptors (Lipinski definition) is 4. The molecule has 0 aromatic heterocycles. The van der Waals surface area contributed by atoms with Gasteiger partial charge in [0.2, 0.25) is 0 Å². The zero-order chi connectivity index (χ0) is 20.8. The van der Waals surface area contributed by atoms with Gasteiger partial charge in [-0.15, -0.1) is 0 Å². The Labute approximate surface area is 179 Å². The number of piperidine rings is 1. The van der Waals surface area contributed by atoms with Crippen LogP contribution in [0.1, 0.15) is 42.7 Å². The first kappa shape index (κ1) is 20.9. The molecule has 0 unspecified atom stereocenters.